The van der Waals surface area contributed by atoms with E-state index in [1.54, 1.807) is 55.7 Å². The first-order chi connectivity index (χ1) is 24.8. The monoisotopic (exact) mass is 772 g/mol. The molecule has 14 nitrogen and oxygen atoms in total. The summed E-state index contributed by atoms with van der Waals surface area (Å²) in [6.45, 7) is 7.76. The van der Waals surface area contributed by atoms with E-state index in [2.05, 4.69) is 25.9 Å². The smallest absolute Gasteiger partial charge is 0.404 e. The summed E-state index contributed by atoms with van der Waals surface area (Å²) in [6, 6.07) is 18.5. The van der Waals surface area contributed by atoms with Gasteiger partial charge in [0.15, 0.2) is 0 Å². The Kier molecular flexibility index (Phi) is 12.3. The highest BCUT2D eigenvalue weighted by atomic mass is 32.2. The molecule has 0 radical (unpaired) electrons. The SMILES string of the molecule is CN(C1CC[N+](C)(Cc2ccc(C(O)CNC(C)(C)C)cc2OP(=O)(O)O)CC1)S(=O)(=O)c1ccc(Nc2nccc(Nc3ccc(F)cc3)n2)cc1. The quantitative estimate of drug-likeness (QED) is 0.0707. The summed E-state index contributed by atoms with van der Waals surface area (Å²) >= 11 is 0. The van der Waals surface area contributed by atoms with Gasteiger partial charge in [0.2, 0.25) is 16.0 Å². The molecule has 1 aromatic heterocycles. The maximum Gasteiger partial charge on any atom is 0.524 e. The van der Waals surface area contributed by atoms with Crippen molar-refractivity contribution in [3.63, 3.8) is 0 Å². The molecular weight excluding hydrogens is 724 g/mol. The number of aliphatic hydroxyl groups is 1. The van der Waals surface area contributed by atoms with E-state index < -0.39 is 23.9 Å². The molecule has 1 unspecified atom stereocenters. The van der Waals surface area contributed by atoms with Crippen LogP contribution in [0.15, 0.2) is 83.9 Å². The third kappa shape index (κ3) is 11.3. The van der Waals surface area contributed by atoms with Gasteiger partial charge >= 0.3 is 7.82 Å². The number of likely N-dealkylation sites (tertiary alicyclic amines) is 1. The first-order valence-electron chi connectivity index (χ1n) is 17.1. The van der Waals surface area contributed by atoms with Crippen LogP contribution in [0, 0.1) is 5.82 Å². The topological polar surface area (TPSA) is 186 Å². The van der Waals surface area contributed by atoms with Crippen LogP contribution in [0.1, 0.15) is 50.8 Å². The number of phosphoric acid groups is 1. The highest BCUT2D eigenvalue weighted by molar-refractivity contribution is 7.89. The lowest BCUT2D eigenvalue weighted by Crippen LogP contribution is -2.53. The Bertz CT molecular complexity index is 2020. The van der Waals surface area contributed by atoms with E-state index in [0.29, 0.717) is 65.3 Å². The summed E-state index contributed by atoms with van der Waals surface area (Å²) in [5, 5.41) is 20.1. The van der Waals surface area contributed by atoms with Crippen molar-refractivity contribution in [3.8, 4) is 5.75 Å². The molecule has 1 aliphatic heterocycles. The molecule has 3 aromatic carbocycles. The van der Waals surface area contributed by atoms with Crippen LogP contribution in [0.2, 0.25) is 0 Å². The molecule has 286 valence electrons. The molecule has 1 fully saturated rings. The molecule has 17 heteroatoms. The number of nitrogens with one attached hydrogen (secondary N) is 3. The zero-order valence-electron chi connectivity index (χ0n) is 30.4. The predicted molar refractivity (Wildman–Crippen MR) is 201 cm³/mol. The van der Waals surface area contributed by atoms with Crippen LogP contribution in [-0.2, 0) is 21.1 Å². The summed E-state index contributed by atoms with van der Waals surface area (Å²) in [7, 11) is -5.11. The fourth-order valence-electron chi connectivity index (χ4n) is 6.12. The van der Waals surface area contributed by atoms with Crippen molar-refractivity contribution in [2.24, 2.45) is 0 Å². The molecule has 0 aliphatic carbocycles. The number of hydrogen-bond acceptors (Lipinski definition) is 10. The number of sulfonamides is 1. The van der Waals surface area contributed by atoms with Crippen molar-refractivity contribution in [1.29, 1.82) is 0 Å². The number of anilines is 4. The number of halogens is 1. The second kappa shape index (κ2) is 16.2. The lowest BCUT2D eigenvalue weighted by Gasteiger charge is -2.42. The zero-order valence-corrected chi connectivity index (χ0v) is 32.1. The number of piperidine rings is 1. The lowest BCUT2D eigenvalue weighted by atomic mass is 10.00. The van der Waals surface area contributed by atoms with E-state index in [1.807, 2.05) is 27.8 Å². The number of aliphatic hydroxyl groups excluding tert-OH is 1. The molecule has 53 heavy (non-hydrogen) atoms. The number of phosphoric ester groups is 1. The first kappa shape index (κ1) is 40.2. The molecule has 6 N–H and O–H groups in total. The summed E-state index contributed by atoms with van der Waals surface area (Å²) in [6.07, 6.45) is 1.77. The number of nitrogens with zero attached hydrogens (tertiary/aromatic N) is 4. The number of benzene rings is 3. The van der Waals surface area contributed by atoms with Gasteiger partial charge in [0.05, 0.1) is 31.1 Å². The Morgan fingerprint density at radius 1 is 1.00 bits per heavy atom. The standard InChI is InChI=1S/C36H47FN7O7PS/c1-36(2,3)39-23-32(45)25-6-7-26(33(22-25)51-52(46,47)48)24-44(5)20-17-30(18-21-44)43(4)53(49,50)31-14-12-29(13-15-31)41-35-38-19-16-34(42-35)40-28-10-8-27(37)9-11-28/h6-16,19,22,30,32,39,45H,17-18,20-21,23-24H2,1-5H3,(H3-,38,40,41,42,46,47,48)/p+1. The third-order valence-corrected chi connectivity index (χ3v) is 11.5. The number of quaternary nitrogens is 1. The van der Waals surface area contributed by atoms with Gasteiger partial charge in [-0.3, -0.25) is 9.79 Å². The molecule has 0 amide bonds. The molecule has 0 saturated carbocycles. The van der Waals surface area contributed by atoms with Crippen LogP contribution in [0.25, 0.3) is 0 Å². The molecule has 4 aromatic rings. The Hall–Kier alpha value is -3.99. The molecule has 1 aliphatic rings. The van der Waals surface area contributed by atoms with Crippen molar-refractivity contribution in [1.82, 2.24) is 19.6 Å². The van der Waals surface area contributed by atoms with Crippen molar-refractivity contribution in [3.05, 3.63) is 95.9 Å². The minimum atomic E-state index is -4.89. The lowest BCUT2D eigenvalue weighted by molar-refractivity contribution is -0.927. The van der Waals surface area contributed by atoms with Gasteiger partial charge in [0.25, 0.3) is 0 Å². The minimum Gasteiger partial charge on any atom is -0.404 e. The van der Waals surface area contributed by atoms with Gasteiger partial charge in [-0.15, -0.1) is 0 Å². The summed E-state index contributed by atoms with van der Waals surface area (Å²) in [4.78, 5) is 28.1. The number of rotatable bonds is 14. The van der Waals surface area contributed by atoms with Crippen LogP contribution >= 0.6 is 7.82 Å². The normalized spacial score (nSPS) is 18.8. The van der Waals surface area contributed by atoms with E-state index in [0.717, 1.165) is 0 Å². The Balaban J connectivity index is 1.20. The fourth-order valence-corrected chi connectivity index (χ4v) is 7.97. The summed E-state index contributed by atoms with van der Waals surface area (Å²) < 4.78 is 59.5. The number of β-amino-alcohol motifs (C(OH)–C–C–N with tert-alkyl or cyclic N) is 1. The van der Waals surface area contributed by atoms with Gasteiger partial charge in [-0.1, -0.05) is 6.07 Å². The largest absolute Gasteiger partial charge is 0.524 e. The van der Waals surface area contributed by atoms with Crippen molar-refractivity contribution < 1.29 is 41.3 Å². The first-order valence-corrected chi connectivity index (χ1v) is 20.1. The highest BCUT2D eigenvalue weighted by Crippen LogP contribution is 2.41. The van der Waals surface area contributed by atoms with E-state index in [9.17, 15) is 32.3 Å². The summed E-state index contributed by atoms with van der Waals surface area (Å²) in [5.41, 5.74) is 2.05. The fraction of sp³-hybridized carbons (Fsp3) is 0.389. The molecule has 1 atom stereocenters. The van der Waals surface area contributed by atoms with Gasteiger partial charge in [-0.25, -0.2) is 22.4 Å². The van der Waals surface area contributed by atoms with Gasteiger partial charge in [0, 0.05) is 61.1 Å². The van der Waals surface area contributed by atoms with E-state index in [4.69, 9.17) is 4.52 Å². The average molecular weight is 773 g/mol. The maximum absolute atomic E-state index is 13.7. The van der Waals surface area contributed by atoms with Crippen LogP contribution in [0.3, 0.4) is 0 Å². The van der Waals surface area contributed by atoms with Gasteiger partial charge in [-0.05, 0) is 93.1 Å². The highest BCUT2D eigenvalue weighted by Gasteiger charge is 2.37. The predicted octanol–water partition coefficient (Wildman–Crippen LogP) is 5.43. The molecule has 5 rings (SSSR count). The van der Waals surface area contributed by atoms with Crippen molar-refractivity contribution >= 4 is 41.0 Å². The van der Waals surface area contributed by atoms with Crippen LogP contribution < -0.4 is 20.5 Å². The van der Waals surface area contributed by atoms with Gasteiger partial charge < -0.3 is 30.1 Å². The number of aromatic nitrogens is 2. The van der Waals surface area contributed by atoms with Gasteiger partial charge in [-0.2, -0.15) is 9.29 Å². The van der Waals surface area contributed by atoms with Crippen LogP contribution in [0.4, 0.5) is 27.5 Å². The average Bonchev–Trinajstić information content (AvgIpc) is 3.08. The van der Waals surface area contributed by atoms with E-state index in [-0.39, 0.29) is 40.5 Å². The third-order valence-electron chi connectivity index (χ3n) is 9.15. The molecule has 0 bridgehead atoms. The zero-order chi connectivity index (χ0) is 38.6. The Morgan fingerprint density at radius 2 is 1.62 bits per heavy atom. The Labute approximate surface area is 309 Å². The molecule has 2 heterocycles. The second-order valence-corrected chi connectivity index (χ2v) is 17.8. The molecular formula is C36H48FN7O7PS+. The van der Waals surface area contributed by atoms with Crippen molar-refractivity contribution in [2.75, 3.05) is 44.4 Å². The summed E-state index contributed by atoms with van der Waals surface area (Å²) in [5.74, 6) is 0.440. The van der Waals surface area contributed by atoms with Crippen LogP contribution in [0.5, 0.6) is 5.75 Å². The van der Waals surface area contributed by atoms with Crippen molar-refractivity contribution in [2.45, 2.75) is 62.7 Å². The second-order valence-electron chi connectivity index (χ2n) is 14.6. The minimum absolute atomic E-state index is 0.00526. The van der Waals surface area contributed by atoms with Crippen LogP contribution in [-0.4, -0.2) is 87.4 Å². The molecule has 1 saturated heterocycles. The van der Waals surface area contributed by atoms with E-state index in [1.165, 1.54) is 34.6 Å². The molecule has 0 spiro atoms. The van der Waals surface area contributed by atoms with Gasteiger partial charge in [0.1, 0.15) is 23.9 Å². The van der Waals surface area contributed by atoms with E-state index >= 15 is 0 Å². The number of hydrogen-bond donors (Lipinski definition) is 6. The maximum atomic E-state index is 13.7. The Morgan fingerprint density at radius 3 is 2.25 bits per heavy atom.